The van der Waals surface area contributed by atoms with Gasteiger partial charge in [0.2, 0.25) is 0 Å². The quantitative estimate of drug-likeness (QED) is 0.576. The number of esters is 1. The zero-order valence-electron chi connectivity index (χ0n) is 5.84. The first-order valence-electron chi connectivity index (χ1n) is 3.88. The summed E-state index contributed by atoms with van der Waals surface area (Å²) in [6, 6.07) is 0. The Kier molecular flexibility index (Phi) is 0.969. The van der Waals surface area contributed by atoms with E-state index in [4.69, 9.17) is 4.74 Å². The van der Waals surface area contributed by atoms with Gasteiger partial charge < -0.3 is 4.74 Å². The van der Waals surface area contributed by atoms with Crippen LogP contribution in [0.1, 0.15) is 12.8 Å². The number of carbonyl (C=O) groups excluding carboxylic acids is 1. The molecular formula is C8H7BrO2. The van der Waals surface area contributed by atoms with Crippen molar-refractivity contribution in [2.45, 2.75) is 12.8 Å². The van der Waals surface area contributed by atoms with Gasteiger partial charge in [-0.15, -0.1) is 0 Å². The summed E-state index contributed by atoms with van der Waals surface area (Å²) in [4.78, 5) is 11.2. The molecule has 0 aromatic rings. The molecule has 1 saturated heterocycles. The molecule has 3 atom stereocenters. The Balaban J connectivity index is 2.18. The summed E-state index contributed by atoms with van der Waals surface area (Å²) in [5.41, 5.74) is 0. The van der Waals surface area contributed by atoms with E-state index in [2.05, 4.69) is 15.9 Å². The maximum absolute atomic E-state index is 11.2. The molecule has 3 aliphatic rings. The first-order chi connectivity index (χ1) is 5.27. The first-order valence-corrected chi connectivity index (χ1v) is 4.68. The van der Waals surface area contributed by atoms with E-state index >= 15 is 0 Å². The lowest BCUT2D eigenvalue weighted by Crippen LogP contribution is -2.09. The molecule has 58 valence electrons. The minimum atomic E-state index is 0.00181. The zero-order valence-corrected chi connectivity index (χ0v) is 7.43. The molecule has 1 heterocycles. The van der Waals surface area contributed by atoms with Gasteiger partial charge in [-0.3, -0.25) is 4.79 Å². The van der Waals surface area contributed by atoms with Gasteiger partial charge in [0.25, 0.3) is 0 Å². The van der Waals surface area contributed by atoms with Crippen LogP contribution in [0, 0.1) is 17.8 Å². The predicted molar refractivity (Wildman–Crippen MR) is 41.7 cm³/mol. The molecule has 3 heteroatoms. The number of ether oxygens (including phenoxy) is 1. The molecule has 3 rings (SSSR count). The highest BCUT2D eigenvalue weighted by Crippen LogP contribution is 2.58. The third-order valence-corrected chi connectivity index (χ3v) is 4.04. The number of rotatable bonds is 0. The van der Waals surface area contributed by atoms with Crippen LogP contribution in [0.4, 0.5) is 0 Å². The molecule has 2 fully saturated rings. The number of allylic oxidation sites excluding steroid dienone is 2. The van der Waals surface area contributed by atoms with Crippen molar-refractivity contribution in [1.82, 2.24) is 0 Å². The van der Waals surface area contributed by atoms with Crippen molar-refractivity contribution < 1.29 is 9.53 Å². The van der Waals surface area contributed by atoms with Gasteiger partial charge in [0.15, 0.2) is 0 Å². The van der Waals surface area contributed by atoms with Gasteiger partial charge in [-0.05, 0) is 18.8 Å². The molecular weight excluding hydrogens is 208 g/mol. The van der Waals surface area contributed by atoms with Crippen molar-refractivity contribution in [2.75, 3.05) is 0 Å². The Hall–Kier alpha value is -0.310. The molecule has 0 aromatic heterocycles. The van der Waals surface area contributed by atoms with Gasteiger partial charge in [-0.1, -0.05) is 15.9 Å². The van der Waals surface area contributed by atoms with Crippen LogP contribution < -0.4 is 0 Å². The van der Waals surface area contributed by atoms with Gasteiger partial charge in [-0.2, -0.15) is 0 Å². The Morgan fingerprint density at radius 1 is 1.36 bits per heavy atom. The average Bonchev–Trinajstić information content (AvgIpc) is 2.53. The van der Waals surface area contributed by atoms with Crippen LogP contribution in [0.15, 0.2) is 10.2 Å². The monoisotopic (exact) mass is 214 g/mol. The van der Waals surface area contributed by atoms with Gasteiger partial charge in [0.05, 0.1) is 5.92 Å². The Morgan fingerprint density at radius 2 is 2.09 bits per heavy atom. The Labute approximate surface area is 72.7 Å². The van der Waals surface area contributed by atoms with Crippen molar-refractivity contribution in [3.63, 3.8) is 0 Å². The third-order valence-electron chi connectivity index (χ3n) is 3.01. The van der Waals surface area contributed by atoms with Crippen LogP contribution in [0.2, 0.25) is 0 Å². The summed E-state index contributed by atoms with van der Waals surface area (Å²) in [6.45, 7) is 0. The molecule has 0 spiro atoms. The SMILES string of the molecule is O=C1OC2=C(Br)C3CC1C2C3. The molecule has 0 amide bonds. The number of fused-ring (bicyclic) bond motifs is 1. The lowest BCUT2D eigenvalue weighted by molar-refractivity contribution is -0.138. The van der Waals surface area contributed by atoms with E-state index in [0.29, 0.717) is 11.8 Å². The van der Waals surface area contributed by atoms with E-state index in [1.165, 1.54) is 0 Å². The summed E-state index contributed by atoms with van der Waals surface area (Å²) in [5, 5.41) is 0. The standard InChI is InChI=1S/C8H7BrO2/c9-6-3-1-4-5(2-3)8(10)11-7(4)6/h3-5H,1-2H2. The molecule has 0 N–H and O–H groups in total. The van der Waals surface area contributed by atoms with Gasteiger partial charge >= 0.3 is 5.97 Å². The maximum Gasteiger partial charge on any atom is 0.314 e. The lowest BCUT2D eigenvalue weighted by Gasteiger charge is -2.07. The van der Waals surface area contributed by atoms with Gasteiger partial charge in [0.1, 0.15) is 5.76 Å². The van der Waals surface area contributed by atoms with Crippen molar-refractivity contribution in [3.8, 4) is 0 Å². The zero-order chi connectivity index (χ0) is 7.59. The fourth-order valence-corrected chi connectivity index (χ4v) is 3.23. The molecule has 1 aliphatic heterocycles. The topological polar surface area (TPSA) is 26.3 Å². The molecule has 11 heavy (non-hydrogen) atoms. The molecule has 2 bridgehead atoms. The molecule has 2 nitrogen and oxygen atoms in total. The maximum atomic E-state index is 11.2. The van der Waals surface area contributed by atoms with Crippen molar-refractivity contribution >= 4 is 21.9 Å². The molecule has 3 unspecified atom stereocenters. The van der Waals surface area contributed by atoms with E-state index in [9.17, 15) is 4.79 Å². The summed E-state index contributed by atoms with van der Waals surface area (Å²) < 4.78 is 6.30. The molecule has 1 saturated carbocycles. The number of halogens is 1. The van der Waals surface area contributed by atoms with Crippen molar-refractivity contribution in [2.24, 2.45) is 17.8 Å². The number of hydrogen-bond acceptors (Lipinski definition) is 2. The van der Waals surface area contributed by atoms with Crippen LogP contribution >= 0.6 is 15.9 Å². The number of hydrogen-bond donors (Lipinski definition) is 0. The Morgan fingerprint density at radius 3 is 2.73 bits per heavy atom. The predicted octanol–water partition coefficient (Wildman–Crippen LogP) is 1.81. The highest BCUT2D eigenvalue weighted by atomic mass is 79.9. The van der Waals surface area contributed by atoms with Crippen molar-refractivity contribution in [1.29, 1.82) is 0 Å². The van der Waals surface area contributed by atoms with E-state index < -0.39 is 0 Å². The van der Waals surface area contributed by atoms with Gasteiger partial charge in [0, 0.05) is 10.4 Å². The molecule has 0 aromatic carbocycles. The second kappa shape index (κ2) is 1.71. The molecule has 0 radical (unpaired) electrons. The van der Waals surface area contributed by atoms with Crippen LogP contribution in [0.5, 0.6) is 0 Å². The van der Waals surface area contributed by atoms with Crippen LogP contribution in [0.25, 0.3) is 0 Å². The smallest absolute Gasteiger partial charge is 0.314 e. The lowest BCUT2D eigenvalue weighted by atomic mass is 9.95. The summed E-state index contributed by atoms with van der Waals surface area (Å²) in [6.07, 6.45) is 2.14. The number of carbonyl (C=O) groups is 1. The van der Waals surface area contributed by atoms with Crippen molar-refractivity contribution in [3.05, 3.63) is 10.2 Å². The first kappa shape index (κ1) is 6.23. The van der Waals surface area contributed by atoms with E-state index in [1.807, 2.05) is 0 Å². The minimum absolute atomic E-state index is 0.00181. The Bertz CT molecular complexity index is 282. The van der Waals surface area contributed by atoms with Gasteiger partial charge in [-0.25, -0.2) is 0 Å². The largest absolute Gasteiger partial charge is 0.430 e. The summed E-state index contributed by atoms with van der Waals surface area (Å²) in [7, 11) is 0. The minimum Gasteiger partial charge on any atom is -0.430 e. The van der Waals surface area contributed by atoms with Crippen LogP contribution in [0.3, 0.4) is 0 Å². The average molecular weight is 215 g/mol. The highest BCUT2D eigenvalue weighted by molar-refractivity contribution is 9.11. The molecule has 2 aliphatic carbocycles. The third kappa shape index (κ3) is 0.571. The fraction of sp³-hybridized carbons (Fsp3) is 0.625. The van der Waals surface area contributed by atoms with E-state index in [-0.39, 0.29) is 11.9 Å². The van der Waals surface area contributed by atoms with Crippen LogP contribution in [-0.4, -0.2) is 5.97 Å². The second-order valence-corrected chi connectivity index (χ2v) is 4.37. The highest BCUT2D eigenvalue weighted by Gasteiger charge is 2.55. The summed E-state index contributed by atoms with van der Waals surface area (Å²) in [5.74, 6) is 2.17. The second-order valence-electron chi connectivity index (χ2n) is 3.51. The van der Waals surface area contributed by atoms with E-state index in [1.54, 1.807) is 0 Å². The summed E-state index contributed by atoms with van der Waals surface area (Å²) >= 11 is 3.48. The fourth-order valence-electron chi connectivity index (χ4n) is 2.48. The van der Waals surface area contributed by atoms with Crippen LogP contribution in [-0.2, 0) is 9.53 Å². The van der Waals surface area contributed by atoms with E-state index in [0.717, 1.165) is 23.1 Å². The normalized spacial score (nSPS) is 45.5.